The topological polar surface area (TPSA) is 84.7 Å². The van der Waals surface area contributed by atoms with Gasteiger partial charge in [0.25, 0.3) is 0 Å². The number of nitrogens with zero attached hydrogens (tertiary/aromatic N) is 1. The van der Waals surface area contributed by atoms with E-state index in [-0.39, 0.29) is 41.8 Å². The highest BCUT2D eigenvalue weighted by molar-refractivity contribution is 5.89. The number of nitrogens with two attached hydrogens (primary N) is 1. The van der Waals surface area contributed by atoms with Crippen LogP contribution < -0.4 is 11.1 Å². The second kappa shape index (κ2) is 8.69. The maximum atomic E-state index is 13.1. The standard InChI is InChI=1S/C18H33N3O3.ClH/c1-5-8-15(22)20-13-9-7-10-21(12-13)16(23)18(19)11-14(24-6-2)17(18,3)4;/h13-14H,5-12,19H2,1-4H3,(H,20,22);1H. The molecule has 0 spiro atoms. The van der Waals surface area contributed by atoms with Gasteiger partial charge in [-0.25, -0.2) is 0 Å². The molecule has 2 aliphatic rings. The van der Waals surface area contributed by atoms with Crippen LogP contribution >= 0.6 is 12.4 Å². The van der Waals surface area contributed by atoms with Gasteiger partial charge in [0.05, 0.1) is 6.10 Å². The summed E-state index contributed by atoms with van der Waals surface area (Å²) in [6.07, 6.45) is 3.78. The average Bonchev–Trinajstić information content (AvgIpc) is 2.54. The molecule has 0 aromatic heterocycles. The first kappa shape index (κ1) is 22.2. The lowest BCUT2D eigenvalue weighted by Gasteiger charge is -2.59. The molecule has 1 aliphatic heterocycles. The number of amides is 2. The maximum Gasteiger partial charge on any atom is 0.243 e. The van der Waals surface area contributed by atoms with Gasteiger partial charge >= 0.3 is 0 Å². The predicted octanol–water partition coefficient (Wildman–Crippen LogP) is 1.85. The molecule has 1 aliphatic carbocycles. The van der Waals surface area contributed by atoms with Gasteiger partial charge in [-0.15, -0.1) is 12.4 Å². The van der Waals surface area contributed by atoms with Crippen LogP contribution in [0.2, 0.25) is 0 Å². The quantitative estimate of drug-likeness (QED) is 0.741. The van der Waals surface area contributed by atoms with Crippen LogP contribution in [0.25, 0.3) is 0 Å². The third-order valence-corrected chi connectivity index (χ3v) is 5.76. The van der Waals surface area contributed by atoms with Gasteiger partial charge < -0.3 is 20.7 Å². The van der Waals surface area contributed by atoms with E-state index in [1.165, 1.54) is 0 Å². The molecule has 146 valence electrons. The second-order valence-electron chi connectivity index (χ2n) is 7.75. The molecule has 1 heterocycles. The summed E-state index contributed by atoms with van der Waals surface area (Å²) in [5.74, 6) is 0.0672. The fourth-order valence-electron chi connectivity index (χ4n) is 3.89. The van der Waals surface area contributed by atoms with Crippen molar-refractivity contribution in [3.8, 4) is 0 Å². The number of hydrogen-bond donors (Lipinski definition) is 2. The molecule has 3 unspecified atom stereocenters. The van der Waals surface area contributed by atoms with Gasteiger partial charge in [-0.3, -0.25) is 9.59 Å². The zero-order valence-electron chi connectivity index (χ0n) is 16.0. The van der Waals surface area contributed by atoms with E-state index >= 15 is 0 Å². The minimum Gasteiger partial charge on any atom is -0.378 e. The number of rotatable bonds is 6. The van der Waals surface area contributed by atoms with Gasteiger partial charge in [0.2, 0.25) is 11.8 Å². The van der Waals surface area contributed by atoms with Crippen molar-refractivity contribution in [3.63, 3.8) is 0 Å². The summed E-state index contributed by atoms with van der Waals surface area (Å²) >= 11 is 0. The number of hydrogen-bond acceptors (Lipinski definition) is 4. The van der Waals surface area contributed by atoms with E-state index in [4.69, 9.17) is 10.5 Å². The Morgan fingerprint density at radius 1 is 1.32 bits per heavy atom. The first-order chi connectivity index (χ1) is 11.3. The van der Waals surface area contributed by atoms with Crippen LogP contribution in [0, 0.1) is 5.41 Å². The molecule has 1 saturated heterocycles. The van der Waals surface area contributed by atoms with Crippen molar-refractivity contribution < 1.29 is 14.3 Å². The number of carbonyl (C=O) groups excluding carboxylic acids is 2. The summed E-state index contributed by atoms with van der Waals surface area (Å²) < 4.78 is 5.72. The van der Waals surface area contributed by atoms with Crippen LogP contribution in [0.1, 0.15) is 59.8 Å². The van der Waals surface area contributed by atoms with Gasteiger partial charge in [0.1, 0.15) is 5.54 Å². The second-order valence-corrected chi connectivity index (χ2v) is 7.75. The van der Waals surface area contributed by atoms with E-state index < -0.39 is 5.54 Å². The van der Waals surface area contributed by atoms with E-state index in [1.54, 1.807) is 0 Å². The molecular weight excluding hydrogens is 342 g/mol. The maximum absolute atomic E-state index is 13.1. The average molecular weight is 376 g/mol. The zero-order valence-corrected chi connectivity index (χ0v) is 16.8. The van der Waals surface area contributed by atoms with Crippen molar-refractivity contribution >= 4 is 24.2 Å². The molecule has 0 bridgehead atoms. The number of ether oxygens (including phenoxy) is 1. The molecule has 25 heavy (non-hydrogen) atoms. The highest BCUT2D eigenvalue weighted by Gasteiger charge is 2.63. The molecule has 0 aromatic rings. The number of carbonyl (C=O) groups is 2. The molecule has 7 heteroatoms. The van der Waals surface area contributed by atoms with Crippen LogP contribution in [-0.2, 0) is 14.3 Å². The highest BCUT2D eigenvalue weighted by atomic mass is 35.5. The number of halogens is 1. The smallest absolute Gasteiger partial charge is 0.243 e. The number of nitrogens with one attached hydrogen (secondary N) is 1. The van der Waals surface area contributed by atoms with Crippen molar-refractivity contribution in [1.29, 1.82) is 0 Å². The molecule has 2 fully saturated rings. The fourth-order valence-corrected chi connectivity index (χ4v) is 3.89. The minimum absolute atomic E-state index is 0. The van der Waals surface area contributed by atoms with Crippen LogP contribution in [-0.4, -0.2) is 54.1 Å². The van der Waals surface area contributed by atoms with E-state index in [0.29, 0.717) is 32.5 Å². The van der Waals surface area contributed by atoms with Gasteiger partial charge in [0, 0.05) is 44.0 Å². The van der Waals surface area contributed by atoms with E-state index in [0.717, 1.165) is 19.3 Å². The van der Waals surface area contributed by atoms with E-state index in [9.17, 15) is 9.59 Å². The first-order valence-corrected chi connectivity index (χ1v) is 9.25. The van der Waals surface area contributed by atoms with Crippen molar-refractivity contribution in [2.24, 2.45) is 11.1 Å². The summed E-state index contributed by atoms with van der Waals surface area (Å²) in [6.45, 7) is 9.88. The van der Waals surface area contributed by atoms with Crippen molar-refractivity contribution in [2.75, 3.05) is 19.7 Å². The molecule has 0 aromatic carbocycles. The molecule has 2 amide bonds. The number of likely N-dealkylation sites (tertiary alicyclic amines) is 1. The van der Waals surface area contributed by atoms with Crippen molar-refractivity contribution in [2.45, 2.75) is 77.5 Å². The molecule has 3 atom stereocenters. The molecule has 2 rings (SSSR count). The number of piperidine rings is 1. The third kappa shape index (κ3) is 4.29. The Labute approximate surface area is 157 Å². The van der Waals surface area contributed by atoms with Crippen LogP contribution in [0.5, 0.6) is 0 Å². The molecule has 6 nitrogen and oxygen atoms in total. The third-order valence-electron chi connectivity index (χ3n) is 5.76. The van der Waals surface area contributed by atoms with Crippen LogP contribution in [0.15, 0.2) is 0 Å². The Morgan fingerprint density at radius 3 is 2.56 bits per heavy atom. The van der Waals surface area contributed by atoms with Crippen molar-refractivity contribution in [1.82, 2.24) is 10.2 Å². The summed E-state index contributed by atoms with van der Waals surface area (Å²) in [5, 5.41) is 3.04. The van der Waals surface area contributed by atoms with Crippen LogP contribution in [0.3, 0.4) is 0 Å². The summed E-state index contributed by atoms with van der Waals surface area (Å²) in [6, 6.07) is 0.0382. The lowest BCUT2D eigenvalue weighted by Crippen LogP contribution is -2.76. The van der Waals surface area contributed by atoms with Gasteiger partial charge in [0.15, 0.2) is 0 Å². The lowest BCUT2D eigenvalue weighted by atomic mass is 9.54. The monoisotopic (exact) mass is 375 g/mol. The van der Waals surface area contributed by atoms with E-state index in [2.05, 4.69) is 5.32 Å². The van der Waals surface area contributed by atoms with Crippen molar-refractivity contribution in [3.05, 3.63) is 0 Å². The zero-order chi connectivity index (χ0) is 18.0. The predicted molar refractivity (Wildman–Crippen MR) is 101 cm³/mol. The summed E-state index contributed by atoms with van der Waals surface area (Å²) in [5.41, 5.74) is 5.26. The fraction of sp³-hybridized carbons (Fsp3) is 0.889. The SMILES string of the molecule is CCCC(=O)NC1CCCN(C(=O)C2(N)CC(OCC)C2(C)C)C1.Cl. The Kier molecular flexibility index (Phi) is 7.71. The Morgan fingerprint density at radius 2 is 2.00 bits per heavy atom. The van der Waals surface area contributed by atoms with E-state index in [1.807, 2.05) is 32.6 Å². The Bertz CT molecular complexity index is 486. The molecule has 3 N–H and O–H groups in total. The summed E-state index contributed by atoms with van der Waals surface area (Å²) in [4.78, 5) is 26.7. The first-order valence-electron chi connectivity index (χ1n) is 9.25. The lowest BCUT2D eigenvalue weighted by molar-refractivity contribution is -0.180. The van der Waals surface area contributed by atoms with Gasteiger partial charge in [-0.1, -0.05) is 20.8 Å². The molecular formula is C18H34ClN3O3. The molecule has 1 saturated carbocycles. The Balaban J connectivity index is 0.00000312. The van der Waals surface area contributed by atoms with Crippen LogP contribution in [0.4, 0.5) is 0 Å². The Hall–Kier alpha value is -0.850. The van der Waals surface area contributed by atoms with Gasteiger partial charge in [-0.2, -0.15) is 0 Å². The normalized spacial score (nSPS) is 30.8. The molecule has 0 radical (unpaired) electrons. The highest BCUT2D eigenvalue weighted by Crippen LogP contribution is 2.50. The van der Waals surface area contributed by atoms with Gasteiger partial charge in [-0.05, 0) is 26.2 Å². The largest absolute Gasteiger partial charge is 0.378 e. The summed E-state index contributed by atoms with van der Waals surface area (Å²) in [7, 11) is 0. The minimum atomic E-state index is -0.873.